The molecule has 0 amide bonds. The molecule has 0 radical (unpaired) electrons. The number of hydrogen-bond donors (Lipinski definition) is 2. The zero-order valence-corrected chi connectivity index (χ0v) is 12.8. The Hall–Kier alpha value is -1.55. The van der Waals surface area contributed by atoms with Crippen LogP contribution in [0.25, 0.3) is 0 Å². The Morgan fingerprint density at radius 1 is 1.00 bits per heavy atom. The van der Waals surface area contributed by atoms with E-state index in [9.17, 15) is 0 Å². The molecule has 1 aromatic carbocycles. The number of benzene rings is 1. The van der Waals surface area contributed by atoms with Crippen molar-refractivity contribution in [1.82, 2.24) is 15.5 Å². The normalized spacial score (nSPS) is 19.7. The second-order valence-electron chi connectivity index (χ2n) is 6.02. The quantitative estimate of drug-likeness (QED) is 0.890. The molecule has 1 fully saturated rings. The summed E-state index contributed by atoms with van der Waals surface area (Å²) in [6, 6.07) is 8.99. The molecule has 2 aliphatic rings. The Balaban J connectivity index is 1.48. The van der Waals surface area contributed by atoms with Gasteiger partial charge in [-0.25, -0.2) is 0 Å². The average Bonchev–Trinajstić information content (AvgIpc) is 2.56. The van der Waals surface area contributed by atoms with E-state index in [1.54, 1.807) is 0 Å². The lowest BCUT2D eigenvalue weighted by molar-refractivity contribution is 0.221. The molecule has 2 aliphatic heterocycles. The van der Waals surface area contributed by atoms with Gasteiger partial charge < -0.3 is 10.6 Å². The lowest BCUT2D eigenvalue weighted by atomic mass is 10.1. The van der Waals surface area contributed by atoms with Crippen molar-refractivity contribution in [2.24, 2.45) is 4.99 Å². The number of rotatable bonds is 4. The van der Waals surface area contributed by atoms with Crippen LogP contribution < -0.4 is 10.6 Å². The first-order valence-corrected chi connectivity index (χ1v) is 8.22. The number of hydrogen-bond acceptors (Lipinski definition) is 4. The van der Waals surface area contributed by atoms with Crippen LogP contribution in [-0.2, 0) is 13.1 Å². The van der Waals surface area contributed by atoms with E-state index in [1.807, 2.05) is 0 Å². The molecule has 4 heteroatoms. The van der Waals surface area contributed by atoms with Gasteiger partial charge in [-0.2, -0.15) is 0 Å². The highest BCUT2D eigenvalue weighted by Crippen LogP contribution is 2.13. The highest BCUT2D eigenvalue weighted by molar-refractivity contribution is 5.80. The van der Waals surface area contributed by atoms with Crippen LogP contribution in [-0.4, -0.2) is 37.0 Å². The maximum absolute atomic E-state index is 4.43. The number of likely N-dealkylation sites (tertiary alicyclic amines) is 1. The van der Waals surface area contributed by atoms with Crippen LogP contribution in [0.15, 0.2) is 29.3 Å². The summed E-state index contributed by atoms with van der Waals surface area (Å²) in [5.41, 5.74) is 2.74. The zero-order chi connectivity index (χ0) is 14.3. The van der Waals surface area contributed by atoms with Crippen molar-refractivity contribution >= 4 is 5.96 Å². The van der Waals surface area contributed by atoms with Gasteiger partial charge in [-0.3, -0.25) is 9.89 Å². The standard InChI is InChI=1S/C17H26N4/c1-2-11-21(12-3-1)14-16-7-5-15(6-8-16)13-20-17-18-9-4-10-19-17/h5-8H,1-4,9-14H2,(H2,18,19,20). The van der Waals surface area contributed by atoms with Crippen molar-refractivity contribution in [1.29, 1.82) is 0 Å². The first kappa shape index (κ1) is 14.4. The van der Waals surface area contributed by atoms with E-state index < -0.39 is 0 Å². The van der Waals surface area contributed by atoms with Gasteiger partial charge in [0.15, 0.2) is 5.96 Å². The van der Waals surface area contributed by atoms with Crippen LogP contribution in [0.4, 0.5) is 0 Å². The molecule has 3 rings (SSSR count). The molecule has 114 valence electrons. The monoisotopic (exact) mass is 286 g/mol. The number of aliphatic imine (C=N–C) groups is 1. The Bertz CT molecular complexity index is 460. The van der Waals surface area contributed by atoms with E-state index in [-0.39, 0.29) is 0 Å². The summed E-state index contributed by atoms with van der Waals surface area (Å²) in [5, 5.41) is 6.65. The fourth-order valence-electron chi connectivity index (χ4n) is 2.98. The predicted molar refractivity (Wildman–Crippen MR) is 87.3 cm³/mol. The van der Waals surface area contributed by atoms with Gasteiger partial charge >= 0.3 is 0 Å². The molecule has 1 saturated heterocycles. The fraction of sp³-hybridized carbons (Fsp3) is 0.588. The Kier molecular flexibility index (Phi) is 5.11. The number of guanidine groups is 1. The number of nitrogens with zero attached hydrogens (tertiary/aromatic N) is 2. The molecule has 0 aromatic heterocycles. The summed E-state index contributed by atoms with van der Waals surface area (Å²) in [6.45, 7) is 6.42. The van der Waals surface area contributed by atoms with Crippen molar-refractivity contribution < 1.29 is 0 Å². The van der Waals surface area contributed by atoms with Gasteiger partial charge in [0.1, 0.15) is 0 Å². The van der Waals surface area contributed by atoms with Crippen LogP contribution in [0, 0.1) is 0 Å². The van der Waals surface area contributed by atoms with Gasteiger partial charge in [-0.05, 0) is 43.5 Å². The van der Waals surface area contributed by atoms with E-state index in [0.29, 0.717) is 0 Å². The molecule has 4 nitrogen and oxygen atoms in total. The first-order valence-electron chi connectivity index (χ1n) is 8.22. The molecule has 0 spiro atoms. The zero-order valence-electron chi connectivity index (χ0n) is 12.8. The third kappa shape index (κ3) is 4.46. The molecule has 0 saturated carbocycles. The summed E-state index contributed by atoms with van der Waals surface area (Å²) in [5.74, 6) is 0.943. The van der Waals surface area contributed by atoms with Crippen LogP contribution in [0.2, 0.25) is 0 Å². The average molecular weight is 286 g/mol. The summed E-state index contributed by atoms with van der Waals surface area (Å²) in [6.07, 6.45) is 5.25. The van der Waals surface area contributed by atoms with E-state index in [0.717, 1.165) is 38.6 Å². The SMILES string of the molecule is c1cc(CN2CCCCC2)ccc1CNC1=NCCCN1. The molecule has 21 heavy (non-hydrogen) atoms. The van der Waals surface area contributed by atoms with Crippen molar-refractivity contribution in [2.45, 2.75) is 38.8 Å². The van der Waals surface area contributed by atoms with Gasteiger partial charge in [-0.15, -0.1) is 0 Å². The minimum absolute atomic E-state index is 0.843. The van der Waals surface area contributed by atoms with Gasteiger partial charge in [0.25, 0.3) is 0 Å². The lowest BCUT2D eigenvalue weighted by Crippen LogP contribution is -2.40. The maximum Gasteiger partial charge on any atom is 0.191 e. The van der Waals surface area contributed by atoms with Crippen LogP contribution >= 0.6 is 0 Å². The smallest absolute Gasteiger partial charge is 0.191 e. The van der Waals surface area contributed by atoms with Gasteiger partial charge in [0.2, 0.25) is 0 Å². The Labute approximate surface area is 127 Å². The molecular formula is C17H26N4. The van der Waals surface area contributed by atoms with Crippen LogP contribution in [0.3, 0.4) is 0 Å². The highest BCUT2D eigenvalue weighted by atomic mass is 15.2. The third-order valence-electron chi connectivity index (χ3n) is 4.24. The summed E-state index contributed by atoms with van der Waals surface area (Å²) in [7, 11) is 0. The molecule has 0 bridgehead atoms. The molecular weight excluding hydrogens is 260 g/mol. The lowest BCUT2D eigenvalue weighted by Gasteiger charge is -2.26. The van der Waals surface area contributed by atoms with E-state index in [4.69, 9.17) is 0 Å². The minimum Gasteiger partial charge on any atom is -0.356 e. The van der Waals surface area contributed by atoms with Gasteiger partial charge in [-0.1, -0.05) is 30.7 Å². The molecule has 1 aromatic rings. The molecule has 0 aliphatic carbocycles. The van der Waals surface area contributed by atoms with Crippen LogP contribution in [0.5, 0.6) is 0 Å². The third-order valence-corrected chi connectivity index (χ3v) is 4.24. The van der Waals surface area contributed by atoms with E-state index >= 15 is 0 Å². The Morgan fingerprint density at radius 2 is 1.76 bits per heavy atom. The largest absolute Gasteiger partial charge is 0.356 e. The predicted octanol–water partition coefficient (Wildman–Crippen LogP) is 2.11. The minimum atomic E-state index is 0.843. The van der Waals surface area contributed by atoms with Crippen molar-refractivity contribution in [3.05, 3.63) is 35.4 Å². The fourth-order valence-corrected chi connectivity index (χ4v) is 2.98. The summed E-state index contributed by atoms with van der Waals surface area (Å²) < 4.78 is 0. The maximum atomic E-state index is 4.43. The highest BCUT2D eigenvalue weighted by Gasteiger charge is 2.10. The molecule has 2 heterocycles. The summed E-state index contributed by atoms with van der Waals surface area (Å²) >= 11 is 0. The number of piperidine rings is 1. The second kappa shape index (κ2) is 7.46. The van der Waals surface area contributed by atoms with Crippen molar-refractivity contribution in [3.8, 4) is 0 Å². The van der Waals surface area contributed by atoms with Crippen LogP contribution in [0.1, 0.15) is 36.8 Å². The van der Waals surface area contributed by atoms with Gasteiger partial charge in [0, 0.05) is 26.2 Å². The summed E-state index contributed by atoms with van der Waals surface area (Å²) in [4.78, 5) is 6.99. The first-order chi connectivity index (χ1) is 10.4. The molecule has 0 atom stereocenters. The van der Waals surface area contributed by atoms with E-state index in [2.05, 4.69) is 44.8 Å². The molecule has 2 N–H and O–H groups in total. The number of nitrogens with one attached hydrogen (secondary N) is 2. The van der Waals surface area contributed by atoms with Crippen molar-refractivity contribution in [2.75, 3.05) is 26.2 Å². The van der Waals surface area contributed by atoms with Crippen molar-refractivity contribution in [3.63, 3.8) is 0 Å². The Morgan fingerprint density at radius 3 is 2.48 bits per heavy atom. The van der Waals surface area contributed by atoms with Gasteiger partial charge in [0.05, 0.1) is 0 Å². The topological polar surface area (TPSA) is 39.7 Å². The second-order valence-corrected chi connectivity index (χ2v) is 6.02. The van der Waals surface area contributed by atoms with E-state index in [1.165, 1.54) is 43.5 Å². The molecule has 0 unspecified atom stereocenters.